The average molecular weight is 291 g/mol. The fourth-order valence-corrected chi connectivity index (χ4v) is 2.44. The molecule has 1 N–H and O–H groups in total. The Kier molecular flexibility index (Phi) is 5.15. The summed E-state index contributed by atoms with van der Waals surface area (Å²) < 4.78 is 11.5. The summed E-state index contributed by atoms with van der Waals surface area (Å²) in [6.07, 6.45) is 0.950. The molecule has 2 atom stereocenters. The highest BCUT2D eigenvalue weighted by molar-refractivity contribution is 5.44. The largest absolute Gasteiger partial charge is 0.490 e. The van der Waals surface area contributed by atoms with Crippen LogP contribution in [0.3, 0.4) is 0 Å². The van der Waals surface area contributed by atoms with Gasteiger partial charge in [0.05, 0.1) is 13.2 Å². The summed E-state index contributed by atoms with van der Waals surface area (Å²) in [5.41, 5.74) is 1.49. The average Bonchev–Trinajstić information content (AvgIpc) is 2.67. The number of benzene rings is 1. The summed E-state index contributed by atoms with van der Waals surface area (Å²) in [6.45, 7) is 13.7. The number of fused-ring (bicyclic) bond motifs is 1. The Morgan fingerprint density at radius 2 is 1.76 bits per heavy atom. The minimum Gasteiger partial charge on any atom is -0.490 e. The van der Waals surface area contributed by atoms with Crippen LogP contribution in [0.5, 0.6) is 11.5 Å². The molecule has 1 aromatic carbocycles. The summed E-state index contributed by atoms with van der Waals surface area (Å²) in [7, 11) is 0. The highest BCUT2D eigenvalue weighted by atomic mass is 16.5. The predicted octanol–water partition coefficient (Wildman–Crippen LogP) is 3.98. The number of nitrogens with one attached hydrogen (secondary N) is 1. The van der Waals surface area contributed by atoms with Gasteiger partial charge >= 0.3 is 0 Å². The van der Waals surface area contributed by atoms with E-state index in [1.807, 2.05) is 0 Å². The first-order chi connectivity index (χ1) is 9.87. The van der Waals surface area contributed by atoms with Gasteiger partial charge in [-0.15, -0.1) is 0 Å². The maximum Gasteiger partial charge on any atom is 0.161 e. The van der Waals surface area contributed by atoms with Gasteiger partial charge in [-0.25, -0.2) is 0 Å². The van der Waals surface area contributed by atoms with Gasteiger partial charge in [0.15, 0.2) is 11.5 Å². The molecule has 3 nitrogen and oxygen atoms in total. The molecular formula is C18H29NO2. The monoisotopic (exact) mass is 291 g/mol. The fourth-order valence-electron chi connectivity index (χ4n) is 2.44. The maximum absolute atomic E-state index is 5.79. The highest BCUT2D eigenvalue weighted by Gasteiger charge is 2.19. The van der Waals surface area contributed by atoms with Crippen LogP contribution in [0.15, 0.2) is 18.2 Å². The Labute approximate surface area is 129 Å². The van der Waals surface area contributed by atoms with E-state index in [-0.39, 0.29) is 5.54 Å². The van der Waals surface area contributed by atoms with E-state index < -0.39 is 0 Å². The number of ether oxygens (including phenoxy) is 2. The van der Waals surface area contributed by atoms with Gasteiger partial charge in [0.1, 0.15) is 0 Å². The van der Waals surface area contributed by atoms with Gasteiger partial charge in [-0.2, -0.15) is 0 Å². The van der Waals surface area contributed by atoms with Crippen LogP contribution in [0.25, 0.3) is 0 Å². The molecule has 21 heavy (non-hydrogen) atoms. The van der Waals surface area contributed by atoms with Gasteiger partial charge in [0, 0.05) is 12.0 Å². The van der Waals surface area contributed by atoms with Crippen LogP contribution in [0.4, 0.5) is 0 Å². The van der Waals surface area contributed by atoms with Crippen LogP contribution in [0, 0.1) is 5.92 Å². The van der Waals surface area contributed by atoms with Crippen LogP contribution in [0.1, 0.15) is 52.5 Å². The van der Waals surface area contributed by atoms with Crippen molar-refractivity contribution < 1.29 is 9.47 Å². The minimum absolute atomic E-state index is 0.165. The number of rotatable bonds is 4. The van der Waals surface area contributed by atoms with E-state index >= 15 is 0 Å². The lowest BCUT2D eigenvalue weighted by atomic mass is 9.88. The molecule has 0 aromatic heterocycles. The first-order valence-electron chi connectivity index (χ1n) is 8.01. The van der Waals surface area contributed by atoms with Crippen molar-refractivity contribution in [3.05, 3.63) is 23.8 Å². The Morgan fingerprint density at radius 3 is 2.43 bits per heavy atom. The Morgan fingerprint density at radius 1 is 1.10 bits per heavy atom. The maximum atomic E-state index is 5.79. The lowest BCUT2D eigenvalue weighted by Gasteiger charge is -2.27. The topological polar surface area (TPSA) is 30.5 Å². The number of hydrogen-bond acceptors (Lipinski definition) is 3. The number of hydrogen-bond donors (Lipinski definition) is 1. The molecule has 2 rings (SSSR count). The van der Waals surface area contributed by atoms with Crippen molar-refractivity contribution in [3.8, 4) is 11.5 Å². The SMILES string of the molecule is CC(CNC(C)(C)C)C(C)c1ccc2c(c1)OCCCO2. The molecule has 0 amide bonds. The van der Waals surface area contributed by atoms with Crippen molar-refractivity contribution in [3.63, 3.8) is 0 Å². The van der Waals surface area contributed by atoms with Crippen molar-refractivity contribution in [2.45, 2.75) is 52.5 Å². The van der Waals surface area contributed by atoms with Crippen LogP contribution in [-0.2, 0) is 0 Å². The lowest BCUT2D eigenvalue weighted by Crippen LogP contribution is -2.39. The first kappa shape index (κ1) is 16.2. The molecule has 118 valence electrons. The molecule has 1 aliphatic rings. The molecular weight excluding hydrogens is 262 g/mol. The molecule has 1 aliphatic heterocycles. The Bertz CT molecular complexity index is 465. The van der Waals surface area contributed by atoms with Gasteiger partial charge in [-0.05, 0) is 56.8 Å². The second-order valence-electron chi connectivity index (χ2n) is 7.15. The van der Waals surface area contributed by atoms with Gasteiger partial charge in [0.25, 0.3) is 0 Å². The molecule has 2 unspecified atom stereocenters. The van der Waals surface area contributed by atoms with E-state index in [0.29, 0.717) is 11.8 Å². The quantitative estimate of drug-likeness (QED) is 0.910. The van der Waals surface area contributed by atoms with Crippen molar-refractivity contribution in [1.29, 1.82) is 0 Å². The smallest absolute Gasteiger partial charge is 0.161 e. The second kappa shape index (κ2) is 6.69. The van der Waals surface area contributed by atoms with Crippen LogP contribution in [-0.4, -0.2) is 25.3 Å². The third-order valence-corrected chi connectivity index (χ3v) is 4.11. The molecule has 1 heterocycles. The van der Waals surface area contributed by atoms with Gasteiger partial charge in [-0.1, -0.05) is 19.9 Å². The standard InChI is InChI=1S/C18H29NO2/c1-13(12-19-18(3,4)5)14(2)15-7-8-16-17(11-15)21-10-6-9-20-16/h7-8,11,13-14,19H,6,9-10,12H2,1-5H3. The molecule has 0 saturated carbocycles. The molecule has 0 radical (unpaired) electrons. The normalized spacial score (nSPS) is 18.0. The van der Waals surface area contributed by atoms with Gasteiger partial charge in [-0.3, -0.25) is 0 Å². The van der Waals surface area contributed by atoms with Crippen molar-refractivity contribution >= 4 is 0 Å². The second-order valence-corrected chi connectivity index (χ2v) is 7.15. The zero-order valence-corrected chi connectivity index (χ0v) is 14.0. The molecule has 0 saturated heterocycles. The summed E-state index contributed by atoms with van der Waals surface area (Å²) in [6, 6.07) is 6.38. The summed E-state index contributed by atoms with van der Waals surface area (Å²) in [5, 5.41) is 3.59. The van der Waals surface area contributed by atoms with E-state index in [4.69, 9.17) is 9.47 Å². The Balaban J connectivity index is 2.05. The third-order valence-electron chi connectivity index (χ3n) is 4.11. The van der Waals surface area contributed by atoms with Gasteiger partial charge in [0.2, 0.25) is 0 Å². The summed E-state index contributed by atoms with van der Waals surface area (Å²) in [5.74, 6) is 2.82. The van der Waals surface area contributed by atoms with E-state index in [1.54, 1.807) is 0 Å². The molecule has 0 spiro atoms. The highest BCUT2D eigenvalue weighted by Crippen LogP contribution is 2.34. The zero-order valence-electron chi connectivity index (χ0n) is 14.0. The molecule has 0 fully saturated rings. The molecule has 1 aromatic rings. The van der Waals surface area contributed by atoms with E-state index in [2.05, 4.69) is 58.1 Å². The predicted molar refractivity (Wildman–Crippen MR) is 87.4 cm³/mol. The van der Waals surface area contributed by atoms with E-state index in [9.17, 15) is 0 Å². The summed E-state index contributed by atoms with van der Waals surface area (Å²) in [4.78, 5) is 0. The van der Waals surface area contributed by atoms with Crippen molar-refractivity contribution in [2.24, 2.45) is 5.92 Å². The third kappa shape index (κ3) is 4.63. The van der Waals surface area contributed by atoms with E-state index in [0.717, 1.165) is 37.7 Å². The van der Waals surface area contributed by atoms with E-state index in [1.165, 1.54) is 5.56 Å². The van der Waals surface area contributed by atoms with Gasteiger partial charge < -0.3 is 14.8 Å². The van der Waals surface area contributed by atoms with Crippen LogP contribution >= 0.6 is 0 Å². The molecule has 3 heteroatoms. The zero-order chi connectivity index (χ0) is 15.5. The van der Waals surface area contributed by atoms with Crippen molar-refractivity contribution in [2.75, 3.05) is 19.8 Å². The molecule has 0 aliphatic carbocycles. The first-order valence-corrected chi connectivity index (χ1v) is 8.01. The minimum atomic E-state index is 0.165. The summed E-state index contributed by atoms with van der Waals surface area (Å²) >= 11 is 0. The van der Waals surface area contributed by atoms with Crippen LogP contribution in [0.2, 0.25) is 0 Å². The Hall–Kier alpha value is -1.22. The molecule has 0 bridgehead atoms. The van der Waals surface area contributed by atoms with Crippen molar-refractivity contribution in [1.82, 2.24) is 5.32 Å². The van der Waals surface area contributed by atoms with Crippen LogP contribution < -0.4 is 14.8 Å². The lowest BCUT2D eigenvalue weighted by molar-refractivity contribution is 0.296. The fraction of sp³-hybridized carbons (Fsp3) is 0.667.